The van der Waals surface area contributed by atoms with Crippen molar-refractivity contribution in [1.29, 1.82) is 0 Å². The first kappa shape index (κ1) is 10.9. The van der Waals surface area contributed by atoms with Gasteiger partial charge in [0.2, 0.25) is 0 Å². The predicted molar refractivity (Wildman–Crippen MR) is 63.1 cm³/mol. The molecule has 0 atom stereocenters. The van der Waals surface area contributed by atoms with Crippen LogP contribution in [0.1, 0.15) is 24.0 Å². The van der Waals surface area contributed by atoms with Crippen LogP contribution in [-0.4, -0.2) is 11.5 Å². The lowest BCUT2D eigenvalue weighted by Crippen LogP contribution is -2.10. The second-order valence-electron chi connectivity index (χ2n) is 3.68. The van der Waals surface area contributed by atoms with Crippen LogP contribution in [0.4, 0.5) is 0 Å². The predicted octanol–water partition coefficient (Wildman–Crippen LogP) is 2.37. The van der Waals surface area contributed by atoms with Crippen molar-refractivity contribution in [1.82, 2.24) is 10.3 Å². The normalized spacial score (nSPS) is 10.6. The Hall–Kier alpha value is -1.61. The lowest BCUT2D eigenvalue weighted by Gasteiger charge is -1.98. The molecule has 2 heterocycles. The van der Waals surface area contributed by atoms with Crippen LogP contribution in [0, 0.1) is 0 Å². The summed E-state index contributed by atoms with van der Waals surface area (Å²) >= 11 is 0. The summed E-state index contributed by atoms with van der Waals surface area (Å²) < 4.78 is 5.71. The zero-order valence-corrected chi connectivity index (χ0v) is 9.44. The SMILES string of the molecule is CCNCc1ccc(Cc2ccncc2)o1. The number of hydrogen-bond donors (Lipinski definition) is 1. The van der Waals surface area contributed by atoms with E-state index in [9.17, 15) is 0 Å². The molecule has 0 fully saturated rings. The number of nitrogens with zero attached hydrogens (tertiary/aromatic N) is 1. The van der Waals surface area contributed by atoms with Crippen molar-refractivity contribution < 1.29 is 4.42 Å². The molecule has 1 N–H and O–H groups in total. The van der Waals surface area contributed by atoms with Gasteiger partial charge in [-0.05, 0) is 36.4 Å². The minimum atomic E-state index is 0.798. The number of rotatable bonds is 5. The smallest absolute Gasteiger partial charge is 0.117 e. The Morgan fingerprint density at radius 2 is 1.88 bits per heavy atom. The van der Waals surface area contributed by atoms with Gasteiger partial charge in [-0.1, -0.05) is 6.92 Å². The van der Waals surface area contributed by atoms with Gasteiger partial charge in [-0.15, -0.1) is 0 Å². The van der Waals surface area contributed by atoms with Crippen molar-refractivity contribution in [3.8, 4) is 0 Å². The molecule has 0 aromatic carbocycles. The summed E-state index contributed by atoms with van der Waals surface area (Å²) in [4.78, 5) is 3.99. The molecular weight excluding hydrogens is 200 g/mol. The van der Waals surface area contributed by atoms with Crippen LogP contribution < -0.4 is 5.32 Å². The molecule has 0 radical (unpaired) electrons. The highest BCUT2D eigenvalue weighted by atomic mass is 16.3. The monoisotopic (exact) mass is 216 g/mol. The van der Waals surface area contributed by atoms with Crippen LogP contribution >= 0.6 is 0 Å². The third-order valence-electron chi connectivity index (χ3n) is 2.39. The summed E-state index contributed by atoms with van der Waals surface area (Å²) in [6, 6.07) is 8.07. The molecule has 16 heavy (non-hydrogen) atoms. The van der Waals surface area contributed by atoms with Crippen LogP contribution in [0.15, 0.2) is 41.1 Å². The van der Waals surface area contributed by atoms with Gasteiger partial charge in [0.1, 0.15) is 11.5 Å². The molecule has 0 bridgehead atoms. The maximum atomic E-state index is 5.71. The van der Waals surface area contributed by atoms with Crippen molar-refractivity contribution in [2.75, 3.05) is 6.54 Å². The number of hydrogen-bond acceptors (Lipinski definition) is 3. The van der Waals surface area contributed by atoms with Gasteiger partial charge >= 0.3 is 0 Å². The van der Waals surface area contributed by atoms with Crippen molar-refractivity contribution in [2.45, 2.75) is 19.9 Å². The highest BCUT2D eigenvalue weighted by molar-refractivity contribution is 5.18. The van der Waals surface area contributed by atoms with Gasteiger partial charge in [-0.2, -0.15) is 0 Å². The lowest BCUT2D eigenvalue weighted by atomic mass is 10.2. The summed E-state index contributed by atoms with van der Waals surface area (Å²) in [7, 11) is 0. The average molecular weight is 216 g/mol. The third kappa shape index (κ3) is 2.94. The molecule has 3 nitrogen and oxygen atoms in total. The zero-order chi connectivity index (χ0) is 11.2. The Balaban J connectivity index is 1.97. The Morgan fingerprint density at radius 3 is 2.62 bits per heavy atom. The fraction of sp³-hybridized carbons (Fsp3) is 0.308. The molecule has 0 aliphatic heterocycles. The van der Waals surface area contributed by atoms with Gasteiger partial charge in [-0.25, -0.2) is 0 Å². The van der Waals surface area contributed by atoms with Crippen LogP contribution in [0.3, 0.4) is 0 Å². The van der Waals surface area contributed by atoms with E-state index >= 15 is 0 Å². The first-order chi connectivity index (χ1) is 7.88. The third-order valence-corrected chi connectivity index (χ3v) is 2.39. The number of nitrogens with one attached hydrogen (secondary N) is 1. The number of aromatic nitrogens is 1. The second kappa shape index (κ2) is 5.47. The first-order valence-electron chi connectivity index (χ1n) is 5.55. The Bertz CT molecular complexity index is 423. The maximum absolute atomic E-state index is 5.71. The van der Waals surface area contributed by atoms with Crippen molar-refractivity contribution in [3.63, 3.8) is 0 Å². The highest BCUT2D eigenvalue weighted by Gasteiger charge is 2.02. The topological polar surface area (TPSA) is 38.1 Å². The number of pyridine rings is 1. The zero-order valence-electron chi connectivity index (χ0n) is 9.44. The summed E-state index contributed by atoms with van der Waals surface area (Å²) in [5.74, 6) is 1.99. The minimum absolute atomic E-state index is 0.798. The van der Waals surface area contributed by atoms with Crippen LogP contribution in [-0.2, 0) is 13.0 Å². The van der Waals surface area contributed by atoms with E-state index in [4.69, 9.17) is 4.42 Å². The van der Waals surface area contributed by atoms with E-state index in [1.807, 2.05) is 24.3 Å². The van der Waals surface area contributed by atoms with Gasteiger partial charge < -0.3 is 9.73 Å². The van der Waals surface area contributed by atoms with E-state index in [0.717, 1.165) is 31.0 Å². The fourth-order valence-corrected chi connectivity index (χ4v) is 1.56. The summed E-state index contributed by atoms with van der Waals surface area (Å²) in [6.07, 6.45) is 4.43. The Kier molecular flexibility index (Phi) is 3.72. The number of furan rings is 1. The van der Waals surface area contributed by atoms with Gasteiger partial charge in [0.15, 0.2) is 0 Å². The average Bonchev–Trinajstić information content (AvgIpc) is 2.75. The molecule has 84 valence electrons. The van der Waals surface area contributed by atoms with Crippen molar-refractivity contribution in [3.05, 3.63) is 53.7 Å². The van der Waals surface area contributed by atoms with Gasteiger partial charge in [0, 0.05) is 18.8 Å². The Labute approximate surface area is 95.5 Å². The van der Waals surface area contributed by atoms with E-state index < -0.39 is 0 Å². The highest BCUT2D eigenvalue weighted by Crippen LogP contribution is 2.12. The molecule has 0 saturated heterocycles. The first-order valence-corrected chi connectivity index (χ1v) is 5.55. The Morgan fingerprint density at radius 1 is 1.12 bits per heavy atom. The second-order valence-corrected chi connectivity index (χ2v) is 3.68. The molecule has 2 aromatic heterocycles. The molecule has 0 saturated carbocycles. The molecule has 3 heteroatoms. The van der Waals surface area contributed by atoms with E-state index in [2.05, 4.69) is 17.2 Å². The molecule has 0 amide bonds. The largest absolute Gasteiger partial charge is 0.464 e. The molecule has 2 aromatic rings. The molecular formula is C13H16N2O. The lowest BCUT2D eigenvalue weighted by molar-refractivity contribution is 0.456. The van der Waals surface area contributed by atoms with E-state index in [1.165, 1.54) is 5.56 Å². The van der Waals surface area contributed by atoms with Crippen LogP contribution in [0.2, 0.25) is 0 Å². The molecule has 0 spiro atoms. The summed E-state index contributed by atoms with van der Waals surface area (Å²) in [6.45, 7) is 3.84. The van der Waals surface area contributed by atoms with Crippen LogP contribution in [0.5, 0.6) is 0 Å². The molecule has 0 aliphatic rings. The molecule has 0 unspecified atom stereocenters. The molecule has 0 aliphatic carbocycles. The van der Waals surface area contributed by atoms with Crippen LogP contribution in [0.25, 0.3) is 0 Å². The fourth-order valence-electron chi connectivity index (χ4n) is 1.56. The van der Waals surface area contributed by atoms with E-state index in [1.54, 1.807) is 12.4 Å². The van der Waals surface area contributed by atoms with E-state index in [-0.39, 0.29) is 0 Å². The maximum Gasteiger partial charge on any atom is 0.117 e. The van der Waals surface area contributed by atoms with Crippen molar-refractivity contribution >= 4 is 0 Å². The standard InChI is InChI=1S/C13H16N2O/c1-2-14-10-13-4-3-12(16-13)9-11-5-7-15-8-6-11/h3-8,14H,2,9-10H2,1H3. The summed E-state index contributed by atoms with van der Waals surface area (Å²) in [5, 5.41) is 3.24. The quantitative estimate of drug-likeness (QED) is 0.833. The molecule has 2 rings (SSSR count). The van der Waals surface area contributed by atoms with E-state index in [0.29, 0.717) is 0 Å². The van der Waals surface area contributed by atoms with Crippen molar-refractivity contribution in [2.24, 2.45) is 0 Å². The minimum Gasteiger partial charge on any atom is -0.464 e. The van der Waals surface area contributed by atoms with Gasteiger partial charge in [0.25, 0.3) is 0 Å². The summed E-state index contributed by atoms with van der Waals surface area (Å²) in [5.41, 5.74) is 1.22. The van der Waals surface area contributed by atoms with Gasteiger partial charge in [0.05, 0.1) is 6.54 Å². The van der Waals surface area contributed by atoms with Gasteiger partial charge in [-0.3, -0.25) is 4.98 Å².